The molecule has 0 aromatic carbocycles. The second kappa shape index (κ2) is 9.99. The summed E-state index contributed by atoms with van der Waals surface area (Å²) in [5.74, 6) is 12.5. The van der Waals surface area contributed by atoms with Gasteiger partial charge >= 0.3 is 11.9 Å². The number of aliphatic hydroxyl groups excluding tert-OH is 1. The fraction of sp³-hybridized carbons (Fsp3) is 0.531. The molecule has 0 amide bonds. The van der Waals surface area contributed by atoms with Gasteiger partial charge in [0.1, 0.15) is 23.6 Å². The number of terminal acetylenes is 1. The lowest BCUT2D eigenvalue weighted by Gasteiger charge is -2.65. The molecule has 4 rings (SSSR count). The predicted molar refractivity (Wildman–Crippen MR) is 147 cm³/mol. The Morgan fingerprint density at radius 2 is 1.82 bits per heavy atom. The lowest BCUT2D eigenvalue weighted by Crippen LogP contribution is -2.77. The molecular formula is C32H36O8. The normalized spacial score (nSPS) is 38.4. The van der Waals surface area contributed by atoms with Crippen LogP contribution in [0, 0.1) is 70.5 Å². The van der Waals surface area contributed by atoms with Gasteiger partial charge in [0.25, 0.3) is 0 Å². The summed E-state index contributed by atoms with van der Waals surface area (Å²) >= 11 is 0. The van der Waals surface area contributed by atoms with Crippen LogP contribution >= 0.6 is 0 Å². The summed E-state index contributed by atoms with van der Waals surface area (Å²) in [6.45, 7) is 9.87. The smallest absolute Gasteiger partial charge is 0.385 e. The van der Waals surface area contributed by atoms with Crippen molar-refractivity contribution in [3.63, 3.8) is 0 Å². The molecule has 4 aliphatic rings. The van der Waals surface area contributed by atoms with Crippen LogP contribution in [0.25, 0.3) is 0 Å². The van der Waals surface area contributed by atoms with Crippen molar-refractivity contribution in [2.75, 3.05) is 6.61 Å². The van der Waals surface area contributed by atoms with Crippen LogP contribution in [0.5, 0.6) is 0 Å². The third kappa shape index (κ3) is 4.16. The number of aliphatic hydroxyl groups is 2. The van der Waals surface area contributed by atoms with E-state index in [-0.39, 0.29) is 21.7 Å². The summed E-state index contributed by atoms with van der Waals surface area (Å²) in [5.41, 5.74) is -4.65. The molecule has 0 spiro atoms. The molecule has 0 radical (unpaired) electrons. The summed E-state index contributed by atoms with van der Waals surface area (Å²) in [5, 5.41) is 23.8. The number of allylic oxidation sites excluding steroid dienone is 1. The first-order chi connectivity index (χ1) is 18.7. The molecule has 1 aliphatic heterocycles. The number of carbonyl (C=O) groups is 3. The topological polar surface area (TPSA) is 119 Å². The maximum absolute atomic E-state index is 14.4. The highest BCUT2D eigenvalue weighted by molar-refractivity contribution is 5.93. The molecule has 212 valence electrons. The minimum atomic E-state index is -1.90. The van der Waals surface area contributed by atoms with Crippen LogP contribution in [0.2, 0.25) is 0 Å². The van der Waals surface area contributed by atoms with E-state index in [4.69, 9.17) is 20.6 Å². The number of Topliss-reactive ketones (excluding diaryl/α,β-unsaturated/α-hetero) is 1. The Hall–Kier alpha value is -3.79. The molecule has 3 aliphatic carbocycles. The molecule has 2 N–H and O–H groups in total. The minimum Gasteiger partial charge on any atom is -0.453 e. The maximum atomic E-state index is 14.4. The van der Waals surface area contributed by atoms with Crippen molar-refractivity contribution < 1.29 is 41.7 Å². The SMILES string of the molecule is C#CC#CC#CC#CC(=O)O[C@H]1[C@@H]2[C@]3(OC(C)=O)CO[C@@H]3C=C[C@@]2(C)C(=O)[C@H](C)C2=C(C)[C@@H](O)C[C@]1(O)C2(C)C.[HH].[HH]. The van der Waals surface area contributed by atoms with Crippen LogP contribution in [0.1, 0.15) is 50.8 Å². The molecule has 0 aromatic rings. The van der Waals surface area contributed by atoms with Gasteiger partial charge in [-0.25, -0.2) is 4.79 Å². The van der Waals surface area contributed by atoms with E-state index in [0.29, 0.717) is 11.1 Å². The number of hydrogen-bond donors (Lipinski definition) is 2. The predicted octanol–water partition coefficient (Wildman–Crippen LogP) is 1.98. The van der Waals surface area contributed by atoms with E-state index in [1.165, 1.54) is 6.92 Å². The van der Waals surface area contributed by atoms with E-state index in [1.807, 2.05) is 0 Å². The van der Waals surface area contributed by atoms with Crippen molar-refractivity contribution in [3.8, 4) is 47.9 Å². The van der Waals surface area contributed by atoms with Crippen molar-refractivity contribution in [1.29, 1.82) is 0 Å². The highest BCUT2D eigenvalue weighted by atomic mass is 16.6. The monoisotopic (exact) mass is 548 g/mol. The Balaban J connectivity index is 0.00000308. The molecule has 0 aromatic heterocycles. The average molecular weight is 549 g/mol. The van der Waals surface area contributed by atoms with Crippen molar-refractivity contribution in [3.05, 3.63) is 23.3 Å². The van der Waals surface area contributed by atoms with E-state index < -0.39 is 64.1 Å². The number of esters is 2. The third-order valence-electron chi connectivity index (χ3n) is 9.13. The van der Waals surface area contributed by atoms with Crippen molar-refractivity contribution in [2.45, 2.75) is 77.5 Å². The van der Waals surface area contributed by atoms with Gasteiger partial charge in [-0.3, -0.25) is 9.59 Å². The van der Waals surface area contributed by atoms with E-state index in [1.54, 1.807) is 46.8 Å². The Bertz CT molecular complexity index is 1470. The van der Waals surface area contributed by atoms with E-state index in [0.717, 1.165) is 0 Å². The molecule has 1 saturated heterocycles. The average Bonchev–Trinajstić information content (AvgIpc) is 2.86. The standard InChI is InChI=1S/C32H32O8.2H2/c1-8-9-10-11-12-13-14-24(35)39-28-26-30(7,16-15-23-31(26,18-38-23)40-21(4)33)27(36)20(3)25-19(2)22(34)17-32(28,37)29(25,5)6;;/h1,15-16,20,22-23,26,28,34,37H,17-18H2,2-7H3;2*1H/t20-,22+,23-,26+,28+,30-,31+,32-;;/m1../s1. The van der Waals surface area contributed by atoms with E-state index in [2.05, 4.69) is 41.4 Å². The number of fused-ring (bicyclic) bond motifs is 5. The molecule has 8 heteroatoms. The van der Waals surface area contributed by atoms with Gasteiger partial charge in [0.2, 0.25) is 0 Å². The third-order valence-corrected chi connectivity index (χ3v) is 9.13. The van der Waals surface area contributed by atoms with E-state index >= 15 is 0 Å². The largest absolute Gasteiger partial charge is 0.453 e. The summed E-state index contributed by atoms with van der Waals surface area (Å²) in [7, 11) is 0. The van der Waals surface area contributed by atoms with E-state index in [9.17, 15) is 24.6 Å². The van der Waals surface area contributed by atoms with Gasteiger partial charge in [0.15, 0.2) is 5.60 Å². The van der Waals surface area contributed by atoms with Crippen molar-refractivity contribution in [1.82, 2.24) is 0 Å². The summed E-state index contributed by atoms with van der Waals surface area (Å²) in [6, 6.07) is 0. The Morgan fingerprint density at radius 1 is 1.18 bits per heavy atom. The highest BCUT2D eigenvalue weighted by Crippen LogP contribution is 2.63. The zero-order valence-corrected chi connectivity index (χ0v) is 23.4. The summed E-state index contributed by atoms with van der Waals surface area (Å²) in [4.78, 5) is 39.9. The lowest BCUT2D eigenvalue weighted by molar-refractivity contribution is -0.307. The zero-order chi connectivity index (χ0) is 29.7. The van der Waals surface area contributed by atoms with Gasteiger partial charge in [-0.15, -0.1) is 6.42 Å². The van der Waals surface area contributed by atoms with Crippen LogP contribution in [-0.2, 0) is 28.6 Å². The Labute approximate surface area is 237 Å². The zero-order valence-electron chi connectivity index (χ0n) is 23.4. The van der Waals surface area contributed by atoms with Crippen LogP contribution in [0.3, 0.4) is 0 Å². The maximum Gasteiger partial charge on any atom is 0.385 e. The second-order valence-corrected chi connectivity index (χ2v) is 11.6. The number of ether oxygens (including phenoxy) is 3. The number of hydrogen-bond acceptors (Lipinski definition) is 8. The van der Waals surface area contributed by atoms with Gasteiger partial charge in [0, 0.05) is 33.5 Å². The Morgan fingerprint density at radius 3 is 2.42 bits per heavy atom. The Kier molecular flexibility index (Phi) is 7.30. The van der Waals surface area contributed by atoms with Gasteiger partial charge in [0.05, 0.1) is 24.0 Å². The molecule has 2 bridgehead atoms. The first-order valence-electron chi connectivity index (χ1n) is 13.0. The minimum absolute atomic E-state index is 0. The highest BCUT2D eigenvalue weighted by Gasteiger charge is 2.74. The number of ketones is 1. The second-order valence-electron chi connectivity index (χ2n) is 11.6. The molecule has 8 atom stereocenters. The van der Waals surface area contributed by atoms with Gasteiger partial charge in [-0.2, -0.15) is 0 Å². The van der Waals surface area contributed by atoms with Crippen molar-refractivity contribution in [2.24, 2.45) is 22.7 Å². The fourth-order valence-electron chi connectivity index (χ4n) is 7.31. The number of carbonyl (C=O) groups excluding carboxylic acids is 3. The first kappa shape index (κ1) is 29.2. The summed E-state index contributed by atoms with van der Waals surface area (Å²) in [6.07, 6.45) is 4.93. The fourth-order valence-corrected chi connectivity index (χ4v) is 7.31. The van der Waals surface area contributed by atoms with Gasteiger partial charge in [-0.05, 0) is 60.5 Å². The van der Waals surface area contributed by atoms with Crippen LogP contribution < -0.4 is 0 Å². The molecule has 8 nitrogen and oxygen atoms in total. The summed E-state index contributed by atoms with van der Waals surface area (Å²) < 4.78 is 17.6. The molecule has 40 heavy (non-hydrogen) atoms. The quantitative estimate of drug-likeness (QED) is 0.233. The molecule has 1 saturated carbocycles. The molecular weight excluding hydrogens is 512 g/mol. The van der Waals surface area contributed by atoms with Crippen LogP contribution in [0.15, 0.2) is 23.3 Å². The first-order valence-corrected chi connectivity index (χ1v) is 13.0. The molecule has 0 unspecified atom stereocenters. The van der Waals surface area contributed by atoms with Gasteiger partial charge < -0.3 is 24.4 Å². The molecule has 1 heterocycles. The number of rotatable bonds is 2. The van der Waals surface area contributed by atoms with Crippen molar-refractivity contribution >= 4 is 17.7 Å². The lowest BCUT2D eigenvalue weighted by atomic mass is 9.45. The van der Waals surface area contributed by atoms with Crippen LogP contribution in [0.4, 0.5) is 0 Å². The van der Waals surface area contributed by atoms with Crippen LogP contribution in [-0.4, -0.2) is 64.1 Å². The van der Waals surface area contributed by atoms with Gasteiger partial charge in [-0.1, -0.05) is 32.9 Å². The molecule has 2 fully saturated rings.